The van der Waals surface area contributed by atoms with Crippen LogP contribution < -0.4 is 4.74 Å². The molecule has 0 saturated heterocycles. The zero-order valence-corrected chi connectivity index (χ0v) is 16.5. The Balaban J connectivity index is 1.59. The van der Waals surface area contributed by atoms with E-state index >= 15 is 0 Å². The zero-order chi connectivity index (χ0) is 19.2. The van der Waals surface area contributed by atoms with Crippen LogP contribution in [0.25, 0.3) is 5.69 Å². The van der Waals surface area contributed by atoms with Crippen molar-refractivity contribution in [1.29, 1.82) is 0 Å². The summed E-state index contributed by atoms with van der Waals surface area (Å²) in [5.74, 6) is 0.897. The second kappa shape index (κ2) is 8.77. The molecule has 3 rings (SSSR count). The Morgan fingerprint density at radius 1 is 1.19 bits per heavy atom. The van der Waals surface area contributed by atoms with Crippen molar-refractivity contribution >= 4 is 17.7 Å². The minimum Gasteiger partial charge on any atom is -0.497 e. The summed E-state index contributed by atoms with van der Waals surface area (Å²) in [5, 5.41) is 4.22. The maximum Gasteiger partial charge on any atom is 0.235 e. The predicted octanol–water partition coefficient (Wildman–Crippen LogP) is 4.02. The smallest absolute Gasteiger partial charge is 0.235 e. The van der Waals surface area contributed by atoms with Crippen LogP contribution in [0.4, 0.5) is 0 Å². The van der Waals surface area contributed by atoms with E-state index in [0.717, 1.165) is 21.9 Å². The summed E-state index contributed by atoms with van der Waals surface area (Å²) >= 11 is 1.54. The molecule has 5 nitrogen and oxygen atoms in total. The molecule has 2 aromatic carbocycles. The quantitative estimate of drug-likeness (QED) is 0.580. The average Bonchev–Trinajstić information content (AvgIpc) is 3.17. The summed E-state index contributed by atoms with van der Waals surface area (Å²) in [7, 11) is 3.47. The van der Waals surface area contributed by atoms with Crippen LogP contribution in [0, 0.1) is 0 Å². The standard InChI is InChI=1S/C21H23N3O2S/c1-16(27-20-11-9-19(26-3)10-12-20)21(25)23(2)14-17-13-22-24(15-17)18-7-5-4-6-8-18/h4-13,15-16H,14H2,1-3H3. The summed E-state index contributed by atoms with van der Waals surface area (Å²) < 4.78 is 6.99. The van der Waals surface area contributed by atoms with E-state index in [4.69, 9.17) is 4.74 Å². The lowest BCUT2D eigenvalue weighted by Crippen LogP contribution is -2.32. The van der Waals surface area contributed by atoms with Gasteiger partial charge in [-0.15, -0.1) is 11.8 Å². The van der Waals surface area contributed by atoms with Gasteiger partial charge < -0.3 is 9.64 Å². The maximum absolute atomic E-state index is 12.7. The van der Waals surface area contributed by atoms with Crippen molar-refractivity contribution in [2.24, 2.45) is 0 Å². The van der Waals surface area contributed by atoms with Crippen molar-refractivity contribution in [2.45, 2.75) is 23.6 Å². The molecule has 1 heterocycles. The summed E-state index contributed by atoms with van der Waals surface area (Å²) in [4.78, 5) is 15.5. The first kappa shape index (κ1) is 19.0. The second-order valence-electron chi connectivity index (χ2n) is 6.26. The normalized spacial score (nSPS) is 11.8. The van der Waals surface area contributed by atoms with Gasteiger partial charge in [-0.3, -0.25) is 4.79 Å². The minimum atomic E-state index is -0.174. The third-order valence-electron chi connectivity index (χ3n) is 4.17. The molecule has 6 heteroatoms. The Hall–Kier alpha value is -2.73. The molecule has 0 fully saturated rings. The van der Waals surface area contributed by atoms with Gasteiger partial charge in [0, 0.05) is 30.2 Å². The molecule has 1 atom stereocenters. The number of carbonyl (C=O) groups excluding carboxylic acids is 1. The van der Waals surface area contributed by atoms with Gasteiger partial charge in [0.15, 0.2) is 0 Å². The Morgan fingerprint density at radius 3 is 2.56 bits per heavy atom. The number of para-hydroxylation sites is 1. The third-order valence-corrected chi connectivity index (χ3v) is 5.27. The van der Waals surface area contributed by atoms with E-state index in [1.54, 1.807) is 30.0 Å². The maximum atomic E-state index is 12.7. The van der Waals surface area contributed by atoms with Gasteiger partial charge in [0.1, 0.15) is 5.75 Å². The largest absolute Gasteiger partial charge is 0.497 e. The van der Waals surface area contributed by atoms with Gasteiger partial charge >= 0.3 is 0 Å². The second-order valence-corrected chi connectivity index (χ2v) is 7.67. The van der Waals surface area contributed by atoms with Crippen LogP contribution >= 0.6 is 11.8 Å². The molecule has 0 spiro atoms. The minimum absolute atomic E-state index is 0.0864. The summed E-state index contributed by atoms with van der Waals surface area (Å²) in [6.45, 7) is 2.46. The van der Waals surface area contributed by atoms with Gasteiger partial charge in [-0.05, 0) is 43.3 Å². The fraction of sp³-hybridized carbons (Fsp3) is 0.238. The van der Waals surface area contributed by atoms with E-state index in [-0.39, 0.29) is 11.2 Å². The molecule has 0 saturated carbocycles. The molecule has 1 amide bonds. The number of amides is 1. The molecule has 0 radical (unpaired) electrons. The molecular weight excluding hydrogens is 358 g/mol. The predicted molar refractivity (Wildman–Crippen MR) is 108 cm³/mol. The van der Waals surface area contributed by atoms with Gasteiger partial charge in [-0.1, -0.05) is 18.2 Å². The Morgan fingerprint density at radius 2 is 1.89 bits per heavy atom. The van der Waals surface area contributed by atoms with Crippen molar-refractivity contribution < 1.29 is 9.53 Å². The monoisotopic (exact) mass is 381 g/mol. The van der Waals surface area contributed by atoms with Crippen LogP contribution in [-0.2, 0) is 11.3 Å². The summed E-state index contributed by atoms with van der Waals surface area (Å²) in [6, 6.07) is 17.7. The highest BCUT2D eigenvalue weighted by Gasteiger charge is 2.19. The van der Waals surface area contributed by atoms with Crippen molar-refractivity contribution in [1.82, 2.24) is 14.7 Å². The zero-order valence-electron chi connectivity index (χ0n) is 15.7. The highest BCUT2D eigenvalue weighted by molar-refractivity contribution is 8.00. The van der Waals surface area contributed by atoms with E-state index in [2.05, 4.69) is 5.10 Å². The van der Waals surface area contributed by atoms with Gasteiger partial charge in [0.25, 0.3) is 0 Å². The van der Waals surface area contributed by atoms with Crippen LogP contribution in [0.3, 0.4) is 0 Å². The molecule has 1 unspecified atom stereocenters. The molecule has 0 bridgehead atoms. The SMILES string of the molecule is COc1ccc(SC(C)C(=O)N(C)Cc2cnn(-c3ccccc3)c2)cc1. The van der Waals surface area contributed by atoms with Crippen LogP contribution in [0.5, 0.6) is 5.75 Å². The number of methoxy groups -OCH3 is 1. The van der Waals surface area contributed by atoms with E-state index in [1.165, 1.54) is 0 Å². The Labute approximate surface area is 164 Å². The first-order valence-electron chi connectivity index (χ1n) is 8.71. The molecule has 0 aliphatic rings. The summed E-state index contributed by atoms with van der Waals surface area (Å²) in [5.41, 5.74) is 2.00. The Bertz CT molecular complexity index is 878. The first-order chi connectivity index (χ1) is 13.1. The summed E-state index contributed by atoms with van der Waals surface area (Å²) in [6.07, 6.45) is 3.76. The molecule has 140 valence electrons. The fourth-order valence-electron chi connectivity index (χ4n) is 2.73. The van der Waals surface area contributed by atoms with Crippen molar-refractivity contribution in [3.63, 3.8) is 0 Å². The molecule has 27 heavy (non-hydrogen) atoms. The fourth-order valence-corrected chi connectivity index (χ4v) is 3.72. The van der Waals surface area contributed by atoms with Gasteiger partial charge in [0.05, 0.1) is 24.2 Å². The number of ether oxygens (including phenoxy) is 1. The van der Waals surface area contributed by atoms with Crippen molar-refractivity contribution in [2.75, 3.05) is 14.2 Å². The number of thioether (sulfide) groups is 1. The highest BCUT2D eigenvalue weighted by Crippen LogP contribution is 2.26. The van der Waals surface area contributed by atoms with E-state index in [0.29, 0.717) is 6.54 Å². The number of hydrogen-bond acceptors (Lipinski definition) is 4. The van der Waals surface area contributed by atoms with Crippen molar-refractivity contribution in [3.8, 4) is 11.4 Å². The number of benzene rings is 2. The van der Waals surface area contributed by atoms with Crippen LogP contribution in [0.1, 0.15) is 12.5 Å². The molecule has 3 aromatic rings. The molecule has 0 aliphatic carbocycles. The lowest BCUT2D eigenvalue weighted by atomic mass is 10.3. The van der Waals surface area contributed by atoms with Crippen LogP contribution in [0.15, 0.2) is 71.9 Å². The Kier molecular flexibility index (Phi) is 6.19. The lowest BCUT2D eigenvalue weighted by molar-refractivity contribution is -0.129. The number of nitrogens with zero attached hydrogens (tertiary/aromatic N) is 3. The third kappa shape index (κ3) is 4.92. The first-order valence-corrected chi connectivity index (χ1v) is 9.59. The number of hydrogen-bond donors (Lipinski definition) is 0. The van der Waals surface area contributed by atoms with E-state index in [1.807, 2.05) is 79.4 Å². The number of carbonyl (C=O) groups is 1. The number of rotatable bonds is 7. The van der Waals surface area contributed by atoms with Crippen molar-refractivity contribution in [3.05, 3.63) is 72.6 Å². The lowest BCUT2D eigenvalue weighted by Gasteiger charge is -2.20. The topological polar surface area (TPSA) is 47.4 Å². The van der Waals surface area contributed by atoms with Gasteiger partial charge in [0.2, 0.25) is 5.91 Å². The average molecular weight is 382 g/mol. The van der Waals surface area contributed by atoms with Gasteiger partial charge in [-0.25, -0.2) is 4.68 Å². The van der Waals surface area contributed by atoms with E-state index < -0.39 is 0 Å². The van der Waals surface area contributed by atoms with Gasteiger partial charge in [-0.2, -0.15) is 5.10 Å². The molecule has 1 aromatic heterocycles. The molecule has 0 N–H and O–H groups in total. The van der Waals surface area contributed by atoms with Crippen LogP contribution in [0.2, 0.25) is 0 Å². The van der Waals surface area contributed by atoms with Crippen LogP contribution in [-0.4, -0.2) is 40.0 Å². The van der Waals surface area contributed by atoms with E-state index in [9.17, 15) is 4.79 Å². The molecule has 0 aliphatic heterocycles. The molecular formula is C21H23N3O2S. The highest BCUT2D eigenvalue weighted by atomic mass is 32.2. The number of aromatic nitrogens is 2.